The summed E-state index contributed by atoms with van der Waals surface area (Å²) < 4.78 is 19.4. The molecule has 0 aliphatic carbocycles. The fourth-order valence-corrected chi connectivity index (χ4v) is 3.27. The van der Waals surface area contributed by atoms with Crippen LogP contribution in [0.4, 0.5) is 5.82 Å². The number of ether oxygens (including phenoxy) is 2. The Balaban J connectivity index is 0.000000684. The lowest BCUT2D eigenvalue weighted by Crippen LogP contribution is -2.42. The predicted octanol–water partition coefficient (Wildman–Crippen LogP) is -1.03. The van der Waals surface area contributed by atoms with Gasteiger partial charge in [0.25, 0.3) is 5.88 Å². The van der Waals surface area contributed by atoms with Crippen molar-refractivity contribution in [3.05, 3.63) is 12.2 Å². The summed E-state index contributed by atoms with van der Waals surface area (Å²) in [6, 6.07) is 0. The van der Waals surface area contributed by atoms with Crippen molar-refractivity contribution in [1.29, 1.82) is 0 Å². The number of aliphatic hydroxyl groups is 2. The molecule has 238 valence electrons. The van der Waals surface area contributed by atoms with Crippen LogP contribution in [-0.2, 0) is 28.7 Å². The van der Waals surface area contributed by atoms with E-state index in [-0.39, 0.29) is 12.1 Å². The monoisotopic (exact) mass is 624 g/mol. The van der Waals surface area contributed by atoms with Gasteiger partial charge in [-0.05, 0) is 20.8 Å². The zero-order valence-electron chi connectivity index (χ0n) is 23.1. The third kappa shape index (κ3) is 17.7. The maximum atomic E-state index is 10.3. The molecule has 1 fully saturated rings. The second-order valence-electron chi connectivity index (χ2n) is 9.58. The lowest BCUT2D eigenvalue weighted by molar-refractivity contribution is -0.170. The topological polar surface area (TPSA) is 286 Å². The van der Waals surface area contributed by atoms with Crippen LogP contribution in [0.5, 0.6) is 5.88 Å². The van der Waals surface area contributed by atoms with E-state index in [0.717, 1.165) is 30.6 Å². The molecule has 1 aliphatic rings. The van der Waals surface area contributed by atoms with Crippen molar-refractivity contribution in [2.24, 2.45) is 0 Å². The quantitative estimate of drug-likeness (QED) is 0.122. The molecule has 0 saturated carbocycles. The number of nitrogens with zero attached hydrogens (tertiary/aromatic N) is 3. The summed E-state index contributed by atoms with van der Waals surface area (Å²) >= 11 is 1.12. The van der Waals surface area contributed by atoms with Crippen molar-refractivity contribution in [3.8, 4) is 5.88 Å². The summed E-state index contributed by atoms with van der Waals surface area (Å²) in [5.74, 6) is -6.29. The highest BCUT2D eigenvalue weighted by Crippen LogP contribution is 2.26. The zero-order valence-corrected chi connectivity index (χ0v) is 23.9. The Morgan fingerprint density at radius 3 is 1.88 bits per heavy atom. The average Bonchev–Trinajstić information content (AvgIpc) is 3.33. The first-order valence-corrected chi connectivity index (χ1v) is 12.8. The lowest BCUT2D eigenvalue weighted by Gasteiger charge is -2.27. The minimum Gasteiger partial charge on any atom is -0.481 e. The summed E-state index contributed by atoms with van der Waals surface area (Å²) in [4.78, 5) is 51.7. The van der Waals surface area contributed by atoms with Crippen LogP contribution in [0.25, 0.3) is 0 Å². The molecule has 19 heteroatoms. The zero-order chi connectivity index (χ0) is 32.5. The van der Waals surface area contributed by atoms with Crippen molar-refractivity contribution in [3.63, 3.8) is 0 Å². The summed E-state index contributed by atoms with van der Waals surface area (Å²) in [7, 11) is 0. The SMILES string of the molecule is CC(C)(C)NC[C@H](O)COc1nsnc1N1CCOCC1.O=C(O)/C=C\C(=O)O.O=C(O)CC(O)(CC(=O)O)C(=O)O. The number of aliphatic hydroxyl groups excluding tert-OH is 1. The highest BCUT2D eigenvalue weighted by Gasteiger charge is 2.40. The molecule has 1 aromatic heterocycles. The van der Waals surface area contributed by atoms with Crippen LogP contribution >= 0.6 is 11.7 Å². The molecule has 0 bridgehead atoms. The number of morpholine rings is 1. The maximum absolute atomic E-state index is 10.3. The number of anilines is 1. The van der Waals surface area contributed by atoms with E-state index in [1.807, 2.05) is 0 Å². The van der Waals surface area contributed by atoms with Crippen LogP contribution in [0.15, 0.2) is 12.2 Å². The Hall–Kier alpha value is -3.91. The van der Waals surface area contributed by atoms with Gasteiger partial charge in [-0.25, -0.2) is 14.4 Å². The normalized spacial score (nSPS) is 14.1. The van der Waals surface area contributed by atoms with Crippen molar-refractivity contribution < 1.29 is 69.2 Å². The molecule has 1 aromatic rings. The Kier molecular flexibility index (Phi) is 16.8. The number of carbonyl (C=O) groups is 5. The molecule has 0 radical (unpaired) electrons. The second-order valence-corrected chi connectivity index (χ2v) is 10.1. The summed E-state index contributed by atoms with van der Waals surface area (Å²) in [5.41, 5.74) is -2.76. The first-order valence-electron chi connectivity index (χ1n) is 12.1. The van der Waals surface area contributed by atoms with Crippen LogP contribution in [0.1, 0.15) is 33.6 Å². The largest absolute Gasteiger partial charge is 0.481 e. The van der Waals surface area contributed by atoms with Gasteiger partial charge in [0.05, 0.1) is 37.8 Å². The number of aliphatic carboxylic acids is 5. The van der Waals surface area contributed by atoms with E-state index >= 15 is 0 Å². The number of hydrogen-bond donors (Lipinski definition) is 8. The van der Waals surface area contributed by atoms with Gasteiger partial charge in [0.1, 0.15) is 12.7 Å². The number of nitrogens with one attached hydrogen (secondary N) is 1. The molecule has 0 amide bonds. The van der Waals surface area contributed by atoms with E-state index in [1.54, 1.807) is 0 Å². The van der Waals surface area contributed by atoms with Crippen molar-refractivity contribution in [2.45, 2.75) is 50.9 Å². The van der Waals surface area contributed by atoms with E-state index in [4.69, 9.17) is 40.1 Å². The number of β-amino-alcohol motifs (C(OH)–C–C–N with tert-alkyl or cyclic N) is 1. The highest BCUT2D eigenvalue weighted by atomic mass is 32.1. The molecule has 1 saturated heterocycles. The van der Waals surface area contributed by atoms with Gasteiger partial charge < -0.3 is 55.4 Å². The van der Waals surface area contributed by atoms with Gasteiger partial charge in [-0.1, -0.05) is 0 Å². The molecule has 18 nitrogen and oxygen atoms in total. The van der Waals surface area contributed by atoms with Gasteiger partial charge in [0, 0.05) is 37.3 Å². The average molecular weight is 625 g/mol. The fraction of sp³-hybridized carbons (Fsp3) is 0.609. The van der Waals surface area contributed by atoms with Crippen LogP contribution in [0, 0.1) is 0 Å². The van der Waals surface area contributed by atoms with Crippen LogP contribution in [-0.4, -0.2) is 131 Å². The van der Waals surface area contributed by atoms with Crippen LogP contribution in [0.2, 0.25) is 0 Å². The van der Waals surface area contributed by atoms with E-state index in [9.17, 15) is 29.1 Å². The van der Waals surface area contributed by atoms with Crippen LogP contribution in [0.3, 0.4) is 0 Å². The maximum Gasteiger partial charge on any atom is 0.336 e. The first-order chi connectivity index (χ1) is 19.4. The van der Waals surface area contributed by atoms with Crippen molar-refractivity contribution in [1.82, 2.24) is 14.1 Å². The Morgan fingerprint density at radius 1 is 0.976 bits per heavy atom. The van der Waals surface area contributed by atoms with E-state index < -0.39 is 54.4 Å². The second kappa shape index (κ2) is 18.5. The number of aromatic nitrogens is 2. The van der Waals surface area contributed by atoms with Gasteiger partial charge in [-0.3, -0.25) is 9.59 Å². The van der Waals surface area contributed by atoms with E-state index in [0.29, 0.717) is 37.8 Å². The third-order valence-electron chi connectivity index (χ3n) is 4.69. The third-order valence-corrected chi connectivity index (χ3v) is 5.19. The van der Waals surface area contributed by atoms with Crippen molar-refractivity contribution >= 4 is 47.4 Å². The molecular weight excluding hydrogens is 588 g/mol. The van der Waals surface area contributed by atoms with Gasteiger partial charge in [-0.15, -0.1) is 4.37 Å². The smallest absolute Gasteiger partial charge is 0.336 e. The summed E-state index contributed by atoms with van der Waals surface area (Å²) in [5, 5.41) is 62.6. The Morgan fingerprint density at radius 2 is 1.48 bits per heavy atom. The summed E-state index contributed by atoms with van der Waals surface area (Å²) in [6.07, 6.45) is -1.75. The van der Waals surface area contributed by atoms with Gasteiger partial charge >= 0.3 is 29.8 Å². The molecule has 1 atom stereocenters. The van der Waals surface area contributed by atoms with Crippen LogP contribution < -0.4 is 15.0 Å². The van der Waals surface area contributed by atoms with Gasteiger partial charge in [0.15, 0.2) is 5.60 Å². The van der Waals surface area contributed by atoms with Gasteiger partial charge in [-0.2, -0.15) is 4.37 Å². The molecular formula is C23H36N4O14S. The van der Waals surface area contributed by atoms with Crippen molar-refractivity contribution in [2.75, 3.05) is 44.4 Å². The predicted molar refractivity (Wildman–Crippen MR) is 144 cm³/mol. The lowest BCUT2D eigenvalue weighted by atomic mass is 9.96. The molecule has 2 heterocycles. The molecule has 1 aliphatic heterocycles. The highest BCUT2D eigenvalue weighted by molar-refractivity contribution is 6.99. The molecule has 0 aromatic carbocycles. The van der Waals surface area contributed by atoms with E-state index in [1.165, 1.54) is 0 Å². The first kappa shape index (κ1) is 38.1. The standard InChI is InChI=1S/C13H24N4O3S.C6H8O7.C4H4O4/c1-13(2,3)14-8-10(18)9-20-12-11(15-21-16-12)17-4-6-19-7-5-17;7-3(8)1-6(13,5(11)12)2-4(9)10;5-3(6)1-2-4(7)8/h10,14,18H,4-9H2,1-3H3;13H,1-2H2,(H,7,8)(H,9,10)(H,11,12);1-2H,(H,5,6)(H,7,8)/b;;2-1-/t10-;;/m0../s1. The molecule has 2 rings (SSSR count). The molecule has 0 unspecified atom stereocenters. The number of hydrogen-bond acceptors (Lipinski definition) is 14. The fourth-order valence-electron chi connectivity index (χ4n) is 2.75. The summed E-state index contributed by atoms with van der Waals surface area (Å²) in [6.45, 7) is 9.81. The molecule has 0 spiro atoms. The molecule has 42 heavy (non-hydrogen) atoms. The number of carboxylic acid groups (broad SMARTS) is 5. The number of rotatable bonds is 13. The Bertz CT molecular complexity index is 1030. The number of carboxylic acids is 5. The minimum atomic E-state index is -2.74. The Labute approximate surface area is 244 Å². The minimum absolute atomic E-state index is 0.0257. The van der Waals surface area contributed by atoms with E-state index in [2.05, 4.69) is 39.7 Å². The molecule has 8 N–H and O–H groups in total. The van der Waals surface area contributed by atoms with Gasteiger partial charge in [0.2, 0.25) is 5.82 Å².